The number of ether oxygens (including phenoxy) is 2. The van der Waals surface area contributed by atoms with Gasteiger partial charge in [-0.25, -0.2) is 4.79 Å². The number of carbonyl (C=O) groups excluding carboxylic acids is 1. The van der Waals surface area contributed by atoms with Crippen LogP contribution in [0.1, 0.15) is 13.8 Å². The number of rotatable bonds is 4. The fourth-order valence-electron chi connectivity index (χ4n) is 2.64. The lowest BCUT2D eigenvalue weighted by Gasteiger charge is -2.31. The number of amidine groups is 1. The number of aliphatic imine (C=N–C) groups is 1. The van der Waals surface area contributed by atoms with E-state index in [1.807, 2.05) is 13.8 Å². The highest BCUT2D eigenvalue weighted by atomic mass is 32.2. The molecule has 0 saturated carbocycles. The van der Waals surface area contributed by atoms with E-state index < -0.39 is 16.9 Å². The molecule has 0 atom stereocenters. The van der Waals surface area contributed by atoms with Gasteiger partial charge in [0.1, 0.15) is 12.4 Å². The Kier molecular flexibility index (Phi) is 7.45. The highest BCUT2D eigenvalue weighted by molar-refractivity contribution is 7.85. The van der Waals surface area contributed by atoms with Crippen LogP contribution in [0.5, 0.6) is 0 Å². The molecule has 8 heteroatoms. The summed E-state index contributed by atoms with van der Waals surface area (Å²) in [5.74, 6) is 2.35. The van der Waals surface area contributed by atoms with E-state index in [0.29, 0.717) is 37.9 Å². The van der Waals surface area contributed by atoms with Gasteiger partial charge in [0.05, 0.1) is 13.2 Å². The number of hydrogen-bond donors (Lipinski definition) is 0. The van der Waals surface area contributed by atoms with Crippen molar-refractivity contribution in [2.24, 2.45) is 10.9 Å². The Morgan fingerprint density at radius 3 is 2.48 bits per heavy atom. The van der Waals surface area contributed by atoms with E-state index in [2.05, 4.69) is 14.8 Å². The largest absolute Gasteiger partial charge is 0.447 e. The summed E-state index contributed by atoms with van der Waals surface area (Å²) in [5, 5.41) is 0. The second kappa shape index (κ2) is 9.34. The lowest BCUT2D eigenvalue weighted by Crippen LogP contribution is -2.43. The summed E-state index contributed by atoms with van der Waals surface area (Å²) in [6.07, 6.45) is -0.527. The van der Waals surface area contributed by atoms with Crippen LogP contribution in [0.2, 0.25) is 0 Å². The smallest absolute Gasteiger partial charge is 0.435 e. The Labute approximate surface area is 140 Å². The highest BCUT2D eigenvalue weighted by Gasteiger charge is 2.20. The number of carbonyl (C=O) groups is 1. The normalized spacial score (nSPS) is 21.7. The zero-order valence-electron chi connectivity index (χ0n) is 14.0. The average Bonchev–Trinajstić information content (AvgIpc) is 2.55. The maximum atomic E-state index is 12.0. The second-order valence-electron chi connectivity index (χ2n) is 6.03. The van der Waals surface area contributed by atoms with Gasteiger partial charge in [-0.2, -0.15) is 4.99 Å². The SMILES string of the molecule is CC(C)/C(=N/C(=O)OCCN1CCS(=O)CC1)N1CCOCC1. The first-order valence-electron chi connectivity index (χ1n) is 8.21. The molecule has 2 aliphatic rings. The first-order valence-corrected chi connectivity index (χ1v) is 9.70. The van der Waals surface area contributed by atoms with Crippen LogP contribution in [0, 0.1) is 5.92 Å². The van der Waals surface area contributed by atoms with Gasteiger partial charge in [-0.3, -0.25) is 9.11 Å². The summed E-state index contributed by atoms with van der Waals surface area (Å²) in [6.45, 7) is 9.50. The van der Waals surface area contributed by atoms with Gasteiger partial charge in [-0.15, -0.1) is 0 Å². The van der Waals surface area contributed by atoms with Gasteiger partial charge in [-0.1, -0.05) is 13.8 Å². The highest BCUT2D eigenvalue weighted by Crippen LogP contribution is 2.08. The van der Waals surface area contributed by atoms with Gasteiger partial charge in [-0.05, 0) is 0 Å². The molecule has 1 amide bonds. The molecule has 2 heterocycles. The van der Waals surface area contributed by atoms with Gasteiger partial charge < -0.3 is 14.4 Å². The standard InChI is InChI=1S/C15H27N3O4S/c1-13(2)14(18-4-8-21-9-5-18)16-15(19)22-10-3-17-6-11-23(20)12-7-17/h13H,3-12H2,1-2H3/b16-14-. The summed E-state index contributed by atoms with van der Waals surface area (Å²) >= 11 is 0. The van der Waals surface area contributed by atoms with E-state index in [0.717, 1.165) is 32.0 Å². The third kappa shape index (κ3) is 6.19. The molecule has 0 radical (unpaired) electrons. The molecular formula is C15H27N3O4S. The van der Waals surface area contributed by atoms with E-state index in [9.17, 15) is 9.00 Å². The minimum atomic E-state index is -0.678. The Hall–Kier alpha value is -0.990. The third-order valence-corrected chi connectivity index (χ3v) is 5.24. The quantitative estimate of drug-likeness (QED) is 0.548. The molecule has 2 fully saturated rings. The van der Waals surface area contributed by atoms with Crippen LogP contribution in [0.3, 0.4) is 0 Å². The molecule has 0 bridgehead atoms. The molecule has 0 aromatic carbocycles. The predicted molar refractivity (Wildman–Crippen MR) is 90.3 cm³/mol. The van der Waals surface area contributed by atoms with Gasteiger partial charge in [0.2, 0.25) is 0 Å². The second-order valence-corrected chi connectivity index (χ2v) is 7.72. The molecule has 2 saturated heterocycles. The van der Waals surface area contributed by atoms with Crippen LogP contribution in [0.4, 0.5) is 4.79 Å². The van der Waals surface area contributed by atoms with Gasteiger partial charge in [0.15, 0.2) is 0 Å². The van der Waals surface area contributed by atoms with Crippen molar-refractivity contribution < 1.29 is 18.5 Å². The summed E-state index contributed by atoms with van der Waals surface area (Å²) in [4.78, 5) is 20.4. The van der Waals surface area contributed by atoms with Crippen LogP contribution in [0.25, 0.3) is 0 Å². The first kappa shape index (κ1) is 18.4. The van der Waals surface area contributed by atoms with Crippen molar-refractivity contribution in [3.05, 3.63) is 0 Å². The average molecular weight is 345 g/mol. The lowest BCUT2D eigenvalue weighted by molar-refractivity contribution is 0.0659. The molecule has 0 spiro atoms. The van der Waals surface area contributed by atoms with Crippen molar-refractivity contribution in [3.63, 3.8) is 0 Å². The molecule has 7 nitrogen and oxygen atoms in total. The molecule has 2 rings (SSSR count). The molecule has 132 valence electrons. The summed E-state index contributed by atoms with van der Waals surface area (Å²) in [7, 11) is -0.678. The Balaban J connectivity index is 1.77. The van der Waals surface area contributed by atoms with Gasteiger partial charge >= 0.3 is 6.09 Å². The van der Waals surface area contributed by atoms with Crippen LogP contribution in [-0.4, -0.2) is 90.0 Å². The van der Waals surface area contributed by atoms with Crippen LogP contribution >= 0.6 is 0 Å². The molecule has 0 aromatic rings. The third-order valence-electron chi connectivity index (χ3n) is 3.96. The molecule has 2 aliphatic heterocycles. The Morgan fingerprint density at radius 2 is 1.87 bits per heavy atom. The summed E-state index contributed by atoms with van der Waals surface area (Å²) in [5.41, 5.74) is 0. The van der Waals surface area contributed by atoms with E-state index in [4.69, 9.17) is 9.47 Å². The maximum absolute atomic E-state index is 12.0. The number of morpholine rings is 1. The van der Waals surface area contributed by atoms with Crippen LogP contribution < -0.4 is 0 Å². The molecule has 0 aromatic heterocycles. The van der Waals surface area contributed by atoms with Crippen LogP contribution in [0.15, 0.2) is 4.99 Å². The fourth-order valence-corrected chi connectivity index (χ4v) is 3.77. The van der Waals surface area contributed by atoms with E-state index in [1.165, 1.54) is 0 Å². The molecule has 0 N–H and O–H groups in total. The number of amides is 1. The van der Waals surface area contributed by atoms with Gasteiger partial charge in [0.25, 0.3) is 0 Å². The van der Waals surface area contributed by atoms with E-state index in [1.54, 1.807) is 0 Å². The van der Waals surface area contributed by atoms with E-state index in [-0.39, 0.29) is 5.92 Å². The summed E-state index contributed by atoms with van der Waals surface area (Å²) < 4.78 is 21.9. The Morgan fingerprint density at radius 1 is 1.22 bits per heavy atom. The minimum absolute atomic E-state index is 0.165. The van der Waals surface area contributed by atoms with E-state index >= 15 is 0 Å². The molecule has 23 heavy (non-hydrogen) atoms. The molecular weight excluding hydrogens is 318 g/mol. The molecule has 0 unspecified atom stereocenters. The zero-order chi connectivity index (χ0) is 16.7. The van der Waals surface area contributed by atoms with Crippen molar-refractivity contribution >= 4 is 22.7 Å². The lowest BCUT2D eigenvalue weighted by atomic mass is 10.1. The van der Waals surface area contributed by atoms with Crippen molar-refractivity contribution in [2.75, 3.05) is 64.1 Å². The maximum Gasteiger partial charge on any atom is 0.435 e. The first-order chi connectivity index (χ1) is 11.1. The predicted octanol–water partition coefficient (Wildman–Crippen LogP) is 0.574. The molecule has 0 aliphatic carbocycles. The Bertz CT molecular complexity index is 440. The minimum Gasteiger partial charge on any atom is -0.447 e. The summed E-state index contributed by atoms with van der Waals surface area (Å²) in [6, 6.07) is 0. The van der Waals surface area contributed by atoms with Crippen molar-refractivity contribution in [1.29, 1.82) is 0 Å². The van der Waals surface area contributed by atoms with Crippen molar-refractivity contribution in [3.8, 4) is 0 Å². The number of hydrogen-bond acceptors (Lipinski definition) is 5. The van der Waals surface area contributed by atoms with Crippen LogP contribution in [-0.2, 0) is 20.3 Å². The number of nitrogens with zero attached hydrogens (tertiary/aromatic N) is 3. The topological polar surface area (TPSA) is 71.4 Å². The van der Waals surface area contributed by atoms with Gasteiger partial charge in [0, 0.05) is 60.9 Å². The fraction of sp³-hybridized carbons (Fsp3) is 0.867. The van der Waals surface area contributed by atoms with Crippen molar-refractivity contribution in [1.82, 2.24) is 9.80 Å². The zero-order valence-corrected chi connectivity index (χ0v) is 14.8. The monoisotopic (exact) mass is 345 g/mol. The van der Waals surface area contributed by atoms with Crippen molar-refractivity contribution in [2.45, 2.75) is 13.8 Å².